The Labute approximate surface area is 207 Å². The molecule has 0 saturated carbocycles. The van der Waals surface area contributed by atoms with Gasteiger partial charge in [0.15, 0.2) is 0 Å². The number of nitrogens with zero attached hydrogens (tertiary/aromatic N) is 3. The molecule has 1 aliphatic rings. The molecule has 0 spiro atoms. The third-order valence-electron chi connectivity index (χ3n) is 6.42. The molecule has 0 aliphatic carbocycles. The minimum atomic E-state index is -0.813. The Morgan fingerprint density at radius 1 is 1.15 bits per heavy atom. The van der Waals surface area contributed by atoms with Gasteiger partial charge in [-0.25, -0.2) is 9.78 Å². The van der Waals surface area contributed by atoms with E-state index in [9.17, 15) is 9.90 Å². The first-order valence-electron chi connectivity index (χ1n) is 11.4. The van der Waals surface area contributed by atoms with Gasteiger partial charge in [-0.15, -0.1) is 23.1 Å². The fourth-order valence-corrected chi connectivity index (χ4v) is 6.56. The Kier molecular flexibility index (Phi) is 6.12. The summed E-state index contributed by atoms with van der Waals surface area (Å²) in [7, 11) is 0. The Bertz CT molecular complexity index is 1350. The zero-order valence-electron chi connectivity index (χ0n) is 19.5. The number of carboxylic acid groups (broad SMARTS) is 1. The number of benzene rings is 2. The molecule has 2 N–H and O–H groups in total. The number of nitrogens with one attached hydrogen (secondary N) is 1. The van der Waals surface area contributed by atoms with Crippen LogP contribution in [0.4, 0.5) is 16.2 Å². The lowest BCUT2D eigenvalue weighted by molar-refractivity contribution is 0.0613. The average molecular weight is 493 g/mol. The topological polar surface area (TPSA) is 78.4 Å². The van der Waals surface area contributed by atoms with Gasteiger partial charge in [-0.05, 0) is 60.7 Å². The standard InChI is InChI=1S/C26H28N4O2S2/c1-26(2,3)24-14-18(9-11-30(24)25(31)32)34-17-5-6-20-19(13-17)21(8-10-27-20)29-16-4-7-23-22(12-16)28-15-33-23/h4-8,10,12-13,15,18,24H,9,11,14H2,1-3H3,(H,27,29)(H,31,32). The van der Waals surface area contributed by atoms with Crippen molar-refractivity contribution in [1.82, 2.24) is 14.9 Å². The van der Waals surface area contributed by atoms with Crippen LogP contribution >= 0.6 is 23.1 Å². The molecule has 2 atom stereocenters. The molecule has 176 valence electrons. The predicted molar refractivity (Wildman–Crippen MR) is 141 cm³/mol. The summed E-state index contributed by atoms with van der Waals surface area (Å²) in [6.07, 6.45) is 2.72. The second-order valence-corrected chi connectivity index (χ2v) is 12.1. The smallest absolute Gasteiger partial charge is 0.407 e. The fourth-order valence-electron chi connectivity index (χ4n) is 4.68. The number of thiazole rings is 1. The molecular formula is C26H28N4O2S2. The second-order valence-electron chi connectivity index (χ2n) is 9.82. The Hall–Kier alpha value is -2.84. The van der Waals surface area contributed by atoms with Gasteiger partial charge in [0.2, 0.25) is 0 Å². The summed E-state index contributed by atoms with van der Waals surface area (Å²) in [6, 6.07) is 14.6. The van der Waals surface area contributed by atoms with Crippen molar-refractivity contribution in [3.8, 4) is 0 Å². The van der Waals surface area contributed by atoms with E-state index >= 15 is 0 Å². The van der Waals surface area contributed by atoms with Crippen LogP contribution in [0.1, 0.15) is 33.6 Å². The number of thioether (sulfide) groups is 1. The maximum Gasteiger partial charge on any atom is 0.407 e. The number of pyridine rings is 1. The number of amides is 1. The Balaban J connectivity index is 1.39. The van der Waals surface area contributed by atoms with Gasteiger partial charge in [0.25, 0.3) is 0 Å². The quantitative estimate of drug-likeness (QED) is 0.313. The van der Waals surface area contributed by atoms with E-state index in [1.807, 2.05) is 29.5 Å². The highest BCUT2D eigenvalue weighted by Crippen LogP contribution is 2.40. The van der Waals surface area contributed by atoms with Crippen LogP contribution in [-0.2, 0) is 0 Å². The monoisotopic (exact) mass is 492 g/mol. The van der Waals surface area contributed by atoms with Crippen molar-refractivity contribution in [2.75, 3.05) is 11.9 Å². The highest BCUT2D eigenvalue weighted by atomic mass is 32.2. The molecule has 1 amide bonds. The average Bonchev–Trinajstić information content (AvgIpc) is 3.27. The van der Waals surface area contributed by atoms with Crippen molar-refractivity contribution in [3.63, 3.8) is 0 Å². The van der Waals surface area contributed by atoms with Crippen molar-refractivity contribution < 1.29 is 9.90 Å². The van der Waals surface area contributed by atoms with Gasteiger partial charge in [-0.3, -0.25) is 4.98 Å². The van der Waals surface area contributed by atoms with Gasteiger partial charge in [-0.1, -0.05) is 20.8 Å². The second kappa shape index (κ2) is 9.07. The highest BCUT2D eigenvalue weighted by Gasteiger charge is 2.38. The Morgan fingerprint density at radius 2 is 2.00 bits per heavy atom. The number of aromatic nitrogens is 2. The summed E-state index contributed by atoms with van der Waals surface area (Å²) in [5.41, 5.74) is 5.71. The maximum absolute atomic E-state index is 11.8. The van der Waals surface area contributed by atoms with Crippen molar-refractivity contribution >= 4 is 61.7 Å². The largest absolute Gasteiger partial charge is 0.465 e. The predicted octanol–water partition coefficient (Wildman–Crippen LogP) is 7.24. The zero-order chi connectivity index (χ0) is 23.9. The van der Waals surface area contributed by atoms with Crippen LogP contribution in [-0.4, -0.2) is 43.9 Å². The zero-order valence-corrected chi connectivity index (χ0v) is 21.1. The highest BCUT2D eigenvalue weighted by molar-refractivity contribution is 8.00. The molecule has 0 radical (unpaired) electrons. The lowest BCUT2D eigenvalue weighted by Gasteiger charge is -2.44. The van der Waals surface area contributed by atoms with E-state index in [0.717, 1.165) is 40.6 Å². The van der Waals surface area contributed by atoms with E-state index in [-0.39, 0.29) is 11.5 Å². The fraction of sp³-hybridized carbons (Fsp3) is 0.346. The molecule has 6 nitrogen and oxygen atoms in total. The molecule has 1 aliphatic heterocycles. The van der Waals surface area contributed by atoms with Gasteiger partial charge < -0.3 is 15.3 Å². The van der Waals surface area contributed by atoms with Gasteiger partial charge in [0.1, 0.15) is 0 Å². The number of piperidine rings is 1. The van der Waals surface area contributed by atoms with E-state index in [1.54, 1.807) is 16.2 Å². The van der Waals surface area contributed by atoms with Gasteiger partial charge in [-0.2, -0.15) is 0 Å². The molecule has 2 unspecified atom stereocenters. The molecule has 5 rings (SSSR count). The van der Waals surface area contributed by atoms with E-state index < -0.39 is 6.09 Å². The van der Waals surface area contributed by atoms with Crippen LogP contribution in [0.2, 0.25) is 0 Å². The Morgan fingerprint density at radius 3 is 2.79 bits per heavy atom. The van der Waals surface area contributed by atoms with Gasteiger partial charge in [0, 0.05) is 45.7 Å². The summed E-state index contributed by atoms with van der Waals surface area (Å²) < 4.78 is 1.17. The number of rotatable bonds is 4. The third-order valence-corrected chi connectivity index (χ3v) is 8.52. The molecule has 2 aromatic heterocycles. The molecule has 1 fully saturated rings. The lowest BCUT2D eigenvalue weighted by atomic mass is 9.80. The molecule has 8 heteroatoms. The summed E-state index contributed by atoms with van der Waals surface area (Å²) in [5, 5.41) is 14.7. The first-order chi connectivity index (χ1) is 16.3. The van der Waals surface area contributed by atoms with Crippen LogP contribution in [0.15, 0.2) is 59.1 Å². The molecule has 3 heterocycles. The summed E-state index contributed by atoms with van der Waals surface area (Å²) in [4.78, 5) is 23.6. The van der Waals surface area contributed by atoms with E-state index in [1.165, 1.54) is 9.60 Å². The number of carbonyl (C=O) groups is 1. The molecular weight excluding hydrogens is 464 g/mol. The maximum atomic E-state index is 11.8. The van der Waals surface area contributed by atoms with Crippen molar-refractivity contribution in [1.29, 1.82) is 0 Å². The van der Waals surface area contributed by atoms with Crippen LogP contribution < -0.4 is 5.32 Å². The molecule has 34 heavy (non-hydrogen) atoms. The molecule has 2 aromatic carbocycles. The number of fused-ring (bicyclic) bond motifs is 2. The normalized spacial score (nSPS) is 19.0. The van der Waals surface area contributed by atoms with Gasteiger partial charge >= 0.3 is 6.09 Å². The van der Waals surface area contributed by atoms with Crippen molar-refractivity contribution in [2.45, 2.75) is 49.8 Å². The van der Waals surface area contributed by atoms with Crippen molar-refractivity contribution in [2.24, 2.45) is 5.41 Å². The summed E-state index contributed by atoms with van der Waals surface area (Å²) in [5.74, 6) is 0. The van der Waals surface area contributed by atoms with Crippen LogP contribution in [0, 0.1) is 5.41 Å². The number of anilines is 2. The van der Waals surface area contributed by atoms with Crippen LogP contribution in [0.5, 0.6) is 0 Å². The van der Waals surface area contributed by atoms with E-state index in [2.05, 4.69) is 72.5 Å². The first-order valence-corrected chi connectivity index (χ1v) is 13.2. The van der Waals surface area contributed by atoms with Crippen molar-refractivity contribution in [3.05, 3.63) is 54.2 Å². The molecule has 1 saturated heterocycles. The number of hydrogen-bond acceptors (Lipinski definition) is 6. The lowest BCUT2D eigenvalue weighted by Crippen LogP contribution is -2.52. The number of likely N-dealkylation sites (tertiary alicyclic amines) is 1. The number of hydrogen-bond donors (Lipinski definition) is 2. The van der Waals surface area contributed by atoms with Crippen LogP contribution in [0.3, 0.4) is 0 Å². The van der Waals surface area contributed by atoms with E-state index in [0.29, 0.717) is 11.8 Å². The van der Waals surface area contributed by atoms with Crippen LogP contribution in [0.25, 0.3) is 21.1 Å². The minimum Gasteiger partial charge on any atom is -0.465 e. The van der Waals surface area contributed by atoms with Gasteiger partial charge in [0.05, 0.1) is 21.2 Å². The van der Waals surface area contributed by atoms with E-state index in [4.69, 9.17) is 0 Å². The third kappa shape index (κ3) is 4.70. The summed E-state index contributed by atoms with van der Waals surface area (Å²) in [6.45, 7) is 6.96. The minimum absolute atomic E-state index is 0.0104. The molecule has 0 bridgehead atoms. The summed E-state index contributed by atoms with van der Waals surface area (Å²) >= 11 is 3.49. The SMILES string of the molecule is CC(C)(C)C1CC(Sc2ccc3nccc(Nc4ccc5scnc5c4)c3c2)CCN1C(=O)O. The molecule has 4 aromatic rings. The first kappa shape index (κ1) is 22.9.